The summed E-state index contributed by atoms with van der Waals surface area (Å²) in [5, 5.41) is 0. The summed E-state index contributed by atoms with van der Waals surface area (Å²) in [4.78, 5) is 11.6. The first-order valence-corrected chi connectivity index (χ1v) is 6.33. The summed E-state index contributed by atoms with van der Waals surface area (Å²) in [5.74, 6) is 0.697. The summed E-state index contributed by atoms with van der Waals surface area (Å²) in [5.41, 5.74) is 0.625. The standard InChI is InChI=1S/C15H22O3/c1-5-17-13-9-7-6-8-12(13)10-11-18-14(16)15(2,3)4/h6-9H,5,10-11H2,1-4H3. The van der Waals surface area contributed by atoms with Crippen molar-refractivity contribution in [3.63, 3.8) is 0 Å². The first-order valence-electron chi connectivity index (χ1n) is 6.33. The maximum absolute atomic E-state index is 11.6. The van der Waals surface area contributed by atoms with Gasteiger partial charge in [-0.25, -0.2) is 0 Å². The molecule has 0 saturated heterocycles. The lowest BCUT2D eigenvalue weighted by Crippen LogP contribution is -2.23. The second-order valence-corrected chi connectivity index (χ2v) is 5.18. The van der Waals surface area contributed by atoms with Crippen molar-refractivity contribution < 1.29 is 14.3 Å². The number of carbonyl (C=O) groups excluding carboxylic acids is 1. The molecule has 0 fully saturated rings. The molecule has 0 N–H and O–H groups in total. The van der Waals surface area contributed by atoms with Crippen LogP contribution < -0.4 is 4.74 Å². The van der Waals surface area contributed by atoms with Gasteiger partial charge in [0.25, 0.3) is 0 Å². The van der Waals surface area contributed by atoms with E-state index in [9.17, 15) is 4.79 Å². The number of hydrogen-bond donors (Lipinski definition) is 0. The van der Waals surface area contributed by atoms with Gasteiger partial charge in [-0.15, -0.1) is 0 Å². The van der Waals surface area contributed by atoms with E-state index in [1.165, 1.54) is 0 Å². The molecule has 3 heteroatoms. The maximum Gasteiger partial charge on any atom is 0.311 e. The zero-order valence-electron chi connectivity index (χ0n) is 11.7. The van der Waals surface area contributed by atoms with Crippen molar-refractivity contribution in [2.75, 3.05) is 13.2 Å². The predicted molar refractivity (Wildman–Crippen MR) is 71.7 cm³/mol. The molecule has 100 valence electrons. The molecule has 0 aliphatic rings. The van der Waals surface area contributed by atoms with Gasteiger partial charge < -0.3 is 9.47 Å². The van der Waals surface area contributed by atoms with Gasteiger partial charge in [0.2, 0.25) is 0 Å². The smallest absolute Gasteiger partial charge is 0.311 e. The van der Waals surface area contributed by atoms with Crippen LogP contribution in [-0.4, -0.2) is 19.2 Å². The molecular weight excluding hydrogens is 228 g/mol. The highest BCUT2D eigenvalue weighted by Gasteiger charge is 2.22. The predicted octanol–water partition coefficient (Wildman–Crippen LogP) is 3.22. The highest BCUT2D eigenvalue weighted by Crippen LogP contribution is 2.19. The summed E-state index contributed by atoms with van der Waals surface area (Å²) in [6, 6.07) is 7.83. The fourth-order valence-electron chi connectivity index (χ4n) is 1.48. The molecule has 0 unspecified atom stereocenters. The van der Waals surface area contributed by atoms with Gasteiger partial charge in [0, 0.05) is 6.42 Å². The lowest BCUT2D eigenvalue weighted by atomic mass is 9.97. The Morgan fingerprint density at radius 3 is 2.50 bits per heavy atom. The van der Waals surface area contributed by atoms with Crippen LogP contribution in [0.3, 0.4) is 0 Å². The number of para-hydroxylation sites is 1. The van der Waals surface area contributed by atoms with Crippen molar-refractivity contribution >= 4 is 5.97 Å². The van der Waals surface area contributed by atoms with Crippen molar-refractivity contribution in [3.05, 3.63) is 29.8 Å². The zero-order chi connectivity index (χ0) is 13.6. The van der Waals surface area contributed by atoms with E-state index >= 15 is 0 Å². The maximum atomic E-state index is 11.6. The monoisotopic (exact) mass is 250 g/mol. The number of rotatable bonds is 5. The van der Waals surface area contributed by atoms with E-state index in [0.717, 1.165) is 11.3 Å². The largest absolute Gasteiger partial charge is 0.494 e. The molecule has 0 spiro atoms. The number of benzene rings is 1. The SMILES string of the molecule is CCOc1ccccc1CCOC(=O)C(C)(C)C. The van der Waals surface area contributed by atoms with Crippen molar-refractivity contribution in [1.29, 1.82) is 0 Å². The van der Waals surface area contributed by atoms with Gasteiger partial charge in [0.15, 0.2) is 0 Å². The van der Waals surface area contributed by atoms with Crippen LogP contribution >= 0.6 is 0 Å². The first kappa shape index (κ1) is 14.6. The van der Waals surface area contributed by atoms with Gasteiger partial charge in [-0.2, -0.15) is 0 Å². The van der Waals surface area contributed by atoms with Crippen molar-refractivity contribution in [1.82, 2.24) is 0 Å². The summed E-state index contributed by atoms with van der Waals surface area (Å²) >= 11 is 0. The molecule has 1 aromatic carbocycles. The summed E-state index contributed by atoms with van der Waals surface area (Å²) in [7, 11) is 0. The fraction of sp³-hybridized carbons (Fsp3) is 0.533. The van der Waals surface area contributed by atoms with E-state index in [2.05, 4.69) is 0 Å². The van der Waals surface area contributed by atoms with Crippen LogP contribution in [-0.2, 0) is 16.0 Å². The molecule has 0 saturated carbocycles. The van der Waals surface area contributed by atoms with E-state index in [1.807, 2.05) is 52.0 Å². The highest BCUT2D eigenvalue weighted by atomic mass is 16.5. The average Bonchev–Trinajstić information content (AvgIpc) is 2.30. The minimum Gasteiger partial charge on any atom is -0.494 e. The molecule has 0 radical (unpaired) electrons. The van der Waals surface area contributed by atoms with Crippen molar-refractivity contribution in [2.45, 2.75) is 34.1 Å². The Labute approximate surface area is 109 Å². The normalized spacial score (nSPS) is 11.1. The Morgan fingerprint density at radius 2 is 1.89 bits per heavy atom. The van der Waals surface area contributed by atoms with E-state index in [-0.39, 0.29) is 5.97 Å². The Bertz CT molecular complexity index is 391. The van der Waals surface area contributed by atoms with Crippen LogP contribution in [0, 0.1) is 5.41 Å². The lowest BCUT2D eigenvalue weighted by Gasteiger charge is -2.17. The Morgan fingerprint density at radius 1 is 1.22 bits per heavy atom. The Kier molecular flexibility index (Phi) is 5.20. The molecule has 0 heterocycles. The van der Waals surface area contributed by atoms with E-state index in [4.69, 9.17) is 9.47 Å². The number of hydrogen-bond acceptors (Lipinski definition) is 3. The quantitative estimate of drug-likeness (QED) is 0.753. The van der Waals surface area contributed by atoms with Crippen LogP contribution in [0.2, 0.25) is 0 Å². The fourth-order valence-corrected chi connectivity index (χ4v) is 1.48. The lowest BCUT2D eigenvalue weighted by molar-refractivity contribution is -0.152. The number of carbonyl (C=O) groups is 1. The average molecular weight is 250 g/mol. The third kappa shape index (κ3) is 4.40. The molecule has 0 aromatic heterocycles. The van der Waals surface area contributed by atoms with E-state index in [1.54, 1.807) is 0 Å². The van der Waals surface area contributed by atoms with Crippen LogP contribution in [0.15, 0.2) is 24.3 Å². The molecule has 0 amide bonds. The molecule has 0 aliphatic heterocycles. The summed E-state index contributed by atoms with van der Waals surface area (Å²) < 4.78 is 10.8. The molecular formula is C15H22O3. The van der Waals surface area contributed by atoms with Crippen molar-refractivity contribution in [2.24, 2.45) is 5.41 Å². The summed E-state index contributed by atoms with van der Waals surface area (Å²) in [6.07, 6.45) is 0.679. The topological polar surface area (TPSA) is 35.5 Å². The van der Waals surface area contributed by atoms with Gasteiger partial charge in [0.1, 0.15) is 5.75 Å². The van der Waals surface area contributed by atoms with Gasteiger partial charge >= 0.3 is 5.97 Å². The van der Waals surface area contributed by atoms with Gasteiger partial charge in [-0.3, -0.25) is 4.79 Å². The number of ether oxygens (including phenoxy) is 2. The molecule has 1 rings (SSSR count). The Balaban J connectivity index is 2.51. The summed E-state index contributed by atoms with van der Waals surface area (Å²) in [6.45, 7) is 8.53. The van der Waals surface area contributed by atoms with E-state index in [0.29, 0.717) is 19.6 Å². The molecule has 3 nitrogen and oxygen atoms in total. The first-order chi connectivity index (χ1) is 8.45. The Hall–Kier alpha value is -1.51. The third-order valence-electron chi connectivity index (χ3n) is 2.49. The van der Waals surface area contributed by atoms with Gasteiger partial charge in [-0.1, -0.05) is 18.2 Å². The molecule has 18 heavy (non-hydrogen) atoms. The second-order valence-electron chi connectivity index (χ2n) is 5.18. The van der Waals surface area contributed by atoms with Gasteiger partial charge in [-0.05, 0) is 39.3 Å². The number of esters is 1. The zero-order valence-corrected chi connectivity index (χ0v) is 11.7. The molecule has 0 bridgehead atoms. The van der Waals surface area contributed by atoms with E-state index < -0.39 is 5.41 Å². The third-order valence-corrected chi connectivity index (χ3v) is 2.49. The van der Waals surface area contributed by atoms with Gasteiger partial charge in [0.05, 0.1) is 18.6 Å². The van der Waals surface area contributed by atoms with Crippen LogP contribution in [0.25, 0.3) is 0 Å². The molecule has 0 atom stereocenters. The van der Waals surface area contributed by atoms with Crippen LogP contribution in [0.1, 0.15) is 33.3 Å². The molecule has 0 aliphatic carbocycles. The minimum atomic E-state index is -0.445. The van der Waals surface area contributed by atoms with Crippen LogP contribution in [0.5, 0.6) is 5.75 Å². The molecule has 1 aromatic rings. The second kappa shape index (κ2) is 6.43. The minimum absolute atomic E-state index is 0.170. The van der Waals surface area contributed by atoms with Crippen LogP contribution in [0.4, 0.5) is 0 Å². The highest BCUT2D eigenvalue weighted by molar-refractivity contribution is 5.75. The van der Waals surface area contributed by atoms with Crippen molar-refractivity contribution in [3.8, 4) is 5.75 Å².